The average molecular weight is 156 g/mol. The van der Waals surface area contributed by atoms with Gasteiger partial charge in [0.05, 0.1) is 6.10 Å². The monoisotopic (exact) mass is 156 g/mol. The largest absolute Gasteiger partial charge is 0.306 e. The molecule has 2 nitrogen and oxygen atoms in total. The molecule has 0 amide bonds. The summed E-state index contributed by atoms with van der Waals surface area (Å²) in [6, 6.07) is 0. The van der Waals surface area contributed by atoms with Gasteiger partial charge in [-0.15, -0.1) is 0 Å². The molecule has 0 aromatic rings. The van der Waals surface area contributed by atoms with Crippen molar-refractivity contribution in [2.45, 2.75) is 32.3 Å². The quantitative estimate of drug-likeness (QED) is 0.594. The highest BCUT2D eigenvalue weighted by Crippen LogP contribution is 2.20. The van der Waals surface area contributed by atoms with Crippen molar-refractivity contribution in [1.82, 2.24) is 4.90 Å². The Hall–Kier alpha value is -0.0800. The smallest absolute Gasteiger partial charge is 0.0967 e. The minimum Gasteiger partial charge on any atom is -0.306 e. The van der Waals surface area contributed by atoms with Crippen LogP contribution < -0.4 is 0 Å². The van der Waals surface area contributed by atoms with Crippen LogP contribution in [0.2, 0.25) is 0 Å². The van der Waals surface area contributed by atoms with Crippen LogP contribution >= 0.6 is 0 Å². The van der Waals surface area contributed by atoms with Gasteiger partial charge in [-0.1, -0.05) is 6.92 Å². The Balaban J connectivity index is 2.33. The first-order valence-corrected chi connectivity index (χ1v) is 4.58. The first-order valence-electron chi connectivity index (χ1n) is 4.58. The Morgan fingerprint density at radius 3 is 2.91 bits per heavy atom. The zero-order valence-corrected chi connectivity index (χ0v) is 7.55. The van der Waals surface area contributed by atoms with Crippen molar-refractivity contribution < 1.29 is 5.11 Å². The summed E-state index contributed by atoms with van der Waals surface area (Å²) in [5.41, 5.74) is 0. The molecule has 65 valence electrons. The van der Waals surface area contributed by atoms with E-state index >= 15 is 0 Å². The van der Waals surface area contributed by atoms with E-state index < -0.39 is 0 Å². The summed E-state index contributed by atoms with van der Waals surface area (Å²) < 4.78 is 0. The van der Waals surface area contributed by atoms with Crippen LogP contribution in [-0.4, -0.2) is 31.1 Å². The second kappa shape index (κ2) is 4.07. The molecule has 1 rings (SSSR count). The number of hydrogen-bond acceptors (Lipinski definition) is 1. The van der Waals surface area contributed by atoms with Gasteiger partial charge in [-0.3, -0.25) is 0 Å². The first kappa shape index (κ1) is 9.01. The number of rotatable bonds is 2. The lowest BCUT2D eigenvalue weighted by Gasteiger charge is -2.31. The Kier molecular flexibility index (Phi) is 3.34. The summed E-state index contributed by atoms with van der Waals surface area (Å²) in [5.74, 6) is 0.416. The van der Waals surface area contributed by atoms with Crippen molar-refractivity contribution >= 4 is 0 Å². The van der Waals surface area contributed by atoms with E-state index in [4.69, 9.17) is 0 Å². The fourth-order valence-corrected chi connectivity index (χ4v) is 1.84. The Morgan fingerprint density at radius 2 is 2.36 bits per heavy atom. The average Bonchev–Trinajstić information content (AvgIpc) is 2.03. The number of hydrogen-bond donors (Lipinski definition) is 0. The fourth-order valence-electron chi connectivity index (χ4n) is 1.84. The lowest BCUT2D eigenvalue weighted by atomic mass is 9.91. The molecule has 0 bridgehead atoms. The fraction of sp³-hybridized carbons (Fsp3) is 1.00. The van der Waals surface area contributed by atoms with Crippen molar-refractivity contribution in [2.75, 3.05) is 20.1 Å². The minimum atomic E-state index is -0.322. The molecule has 1 aliphatic heterocycles. The molecule has 1 radical (unpaired) electrons. The van der Waals surface area contributed by atoms with Gasteiger partial charge in [-0.2, -0.15) is 0 Å². The molecule has 1 aliphatic rings. The molecule has 11 heavy (non-hydrogen) atoms. The highest BCUT2D eigenvalue weighted by Gasteiger charge is 2.23. The standard InChI is InChI=1S/C9H18NO/c1-3-9(11)8-5-4-6-10(2)7-8/h8-9H,3-7H2,1-2H3. The first-order chi connectivity index (χ1) is 5.24. The van der Waals surface area contributed by atoms with Crippen molar-refractivity contribution in [3.63, 3.8) is 0 Å². The predicted molar refractivity (Wildman–Crippen MR) is 45.0 cm³/mol. The molecule has 2 heteroatoms. The van der Waals surface area contributed by atoms with E-state index in [9.17, 15) is 5.11 Å². The molecule has 0 aromatic heterocycles. The minimum absolute atomic E-state index is 0.322. The lowest BCUT2D eigenvalue weighted by molar-refractivity contribution is 0.00481. The van der Waals surface area contributed by atoms with Gasteiger partial charge >= 0.3 is 0 Å². The van der Waals surface area contributed by atoms with Gasteiger partial charge in [0.25, 0.3) is 0 Å². The molecule has 0 N–H and O–H groups in total. The SMILES string of the molecule is CCC([O])C1CCCN(C)C1. The van der Waals surface area contributed by atoms with Crippen LogP contribution in [0.3, 0.4) is 0 Å². The Bertz CT molecular complexity index is 116. The van der Waals surface area contributed by atoms with E-state index in [1.807, 2.05) is 6.92 Å². The Morgan fingerprint density at radius 1 is 1.64 bits per heavy atom. The third-order valence-electron chi connectivity index (χ3n) is 2.59. The molecule has 1 saturated heterocycles. The van der Waals surface area contributed by atoms with E-state index in [2.05, 4.69) is 11.9 Å². The maximum absolute atomic E-state index is 11.4. The van der Waals surface area contributed by atoms with E-state index in [1.54, 1.807) is 0 Å². The van der Waals surface area contributed by atoms with Crippen molar-refractivity contribution in [1.29, 1.82) is 0 Å². The maximum atomic E-state index is 11.4. The maximum Gasteiger partial charge on any atom is 0.0967 e. The second-order valence-corrected chi connectivity index (χ2v) is 3.61. The van der Waals surface area contributed by atoms with Gasteiger partial charge in [0, 0.05) is 12.5 Å². The molecule has 2 atom stereocenters. The summed E-state index contributed by atoms with van der Waals surface area (Å²) in [7, 11) is 2.11. The number of piperidine rings is 1. The highest BCUT2D eigenvalue weighted by molar-refractivity contribution is 4.75. The van der Waals surface area contributed by atoms with E-state index in [-0.39, 0.29) is 6.10 Å². The molecule has 0 aliphatic carbocycles. The second-order valence-electron chi connectivity index (χ2n) is 3.61. The van der Waals surface area contributed by atoms with Gasteiger partial charge in [0.1, 0.15) is 0 Å². The van der Waals surface area contributed by atoms with Crippen molar-refractivity contribution in [3.05, 3.63) is 0 Å². The third kappa shape index (κ3) is 2.46. The molecular weight excluding hydrogens is 138 g/mol. The normalized spacial score (nSPS) is 30.3. The van der Waals surface area contributed by atoms with Gasteiger partial charge < -0.3 is 4.90 Å². The number of nitrogens with zero attached hydrogens (tertiary/aromatic N) is 1. The van der Waals surface area contributed by atoms with Crippen LogP contribution in [0.15, 0.2) is 0 Å². The van der Waals surface area contributed by atoms with Crippen LogP contribution in [-0.2, 0) is 5.11 Å². The van der Waals surface area contributed by atoms with Crippen molar-refractivity contribution in [2.24, 2.45) is 5.92 Å². The molecule has 0 saturated carbocycles. The van der Waals surface area contributed by atoms with Crippen LogP contribution in [0, 0.1) is 5.92 Å². The van der Waals surface area contributed by atoms with Gasteiger partial charge in [-0.05, 0) is 32.9 Å². The van der Waals surface area contributed by atoms with E-state index in [1.165, 1.54) is 13.0 Å². The van der Waals surface area contributed by atoms with Crippen LogP contribution in [0.1, 0.15) is 26.2 Å². The summed E-state index contributed by atoms with van der Waals surface area (Å²) in [4.78, 5) is 2.27. The van der Waals surface area contributed by atoms with E-state index in [0.29, 0.717) is 5.92 Å². The summed E-state index contributed by atoms with van der Waals surface area (Å²) in [6.07, 6.45) is 2.82. The van der Waals surface area contributed by atoms with Gasteiger partial charge in [-0.25, -0.2) is 5.11 Å². The molecule has 1 heterocycles. The lowest BCUT2D eigenvalue weighted by Crippen LogP contribution is -2.37. The molecule has 0 spiro atoms. The summed E-state index contributed by atoms with van der Waals surface area (Å²) in [5, 5.41) is 11.4. The summed E-state index contributed by atoms with van der Waals surface area (Å²) >= 11 is 0. The molecule has 2 unspecified atom stereocenters. The summed E-state index contributed by atoms with van der Waals surface area (Å²) in [6.45, 7) is 4.18. The predicted octanol–water partition coefficient (Wildman–Crippen LogP) is 1.54. The van der Waals surface area contributed by atoms with Crippen LogP contribution in [0.4, 0.5) is 0 Å². The molecule has 0 aromatic carbocycles. The third-order valence-corrected chi connectivity index (χ3v) is 2.59. The topological polar surface area (TPSA) is 23.1 Å². The highest BCUT2D eigenvalue weighted by atomic mass is 16.3. The van der Waals surface area contributed by atoms with Gasteiger partial charge in [0.2, 0.25) is 0 Å². The molecule has 1 fully saturated rings. The van der Waals surface area contributed by atoms with Crippen molar-refractivity contribution in [3.8, 4) is 0 Å². The van der Waals surface area contributed by atoms with Gasteiger partial charge in [0.15, 0.2) is 0 Å². The zero-order chi connectivity index (χ0) is 8.27. The van der Waals surface area contributed by atoms with E-state index in [0.717, 1.165) is 19.4 Å². The Labute approximate surface area is 69.2 Å². The van der Waals surface area contributed by atoms with Crippen LogP contribution in [0.5, 0.6) is 0 Å². The molecular formula is C9H18NO. The van der Waals surface area contributed by atoms with Crippen LogP contribution in [0.25, 0.3) is 0 Å². The number of likely N-dealkylation sites (tertiary alicyclic amines) is 1. The zero-order valence-electron chi connectivity index (χ0n) is 7.55.